The van der Waals surface area contributed by atoms with Crippen LogP contribution in [-0.2, 0) is 4.74 Å². The predicted molar refractivity (Wildman–Crippen MR) is 61.4 cm³/mol. The Labute approximate surface area is 95.0 Å². The molecule has 4 nitrogen and oxygen atoms in total. The van der Waals surface area contributed by atoms with Gasteiger partial charge >= 0.3 is 6.09 Å². The number of ether oxygens (including phenoxy) is 1. The SMILES string of the molecule is CC(C)(C)OC(=O)N1C=C2C=C(N)C=C2C1. The molecule has 1 amide bonds. The molecule has 1 aliphatic carbocycles. The van der Waals surface area contributed by atoms with Gasteiger partial charge in [0.05, 0.1) is 6.54 Å². The minimum absolute atomic E-state index is 0.317. The van der Waals surface area contributed by atoms with Gasteiger partial charge in [-0.25, -0.2) is 4.79 Å². The molecular weight excluding hydrogens is 204 g/mol. The second-order valence-corrected chi connectivity index (χ2v) is 5.01. The van der Waals surface area contributed by atoms with Crippen LogP contribution in [0.1, 0.15) is 20.8 Å². The number of hydrogen-bond acceptors (Lipinski definition) is 3. The van der Waals surface area contributed by atoms with Crippen molar-refractivity contribution in [2.75, 3.05) is 6.54 Å². The lowest BCUT2D eigenvalue weighted by Crippen LogP contribution is -2.32. The summed E-state index contributed by atoms with van der Waals surface area (Å²) in [6, 6.07) is 0. The van der Waals surface area contributed by atoms with Crippen molar-refractivity contribution in [3.8, 4) is 0 Å². The maximum absolute atomic E-state index is 11.8. The van der Waals surface area contributed by atoms with Crippen molar-refractivity contribution in [1.29, 1.82) is 0 Å². The molecule has 1 aliphatic heterocycles. The summed E-state index contributed by atoms with van der Waals surface area (Å²) < 4.78 is 5.28. The quantitative estimate of drug-likeness (QED) is 0.678. The average molecular weight is 220 g/mol. The van der Waals surface area contributed by atoms with E-state index < -0.39 is 5.60 Å². The van der Waals surface area contributed by atoms with Crippen LogP contribution in [0, 0.1) is 0 Å². The number of nitrogens with two attached hydrogens (primary N) is 1. The second-order valence-electron chi connectivity index (χ2n) is 5.01. The van der Waals surface area contributed by atoms with Crippen molar-refractivity contribution in [2.24, 2.45) is 5.73 Å². The number of allylic oxidation sites excluding steroid dienone is 2. The van der Waals surface area contributed by atoms with Gasteiger partial charge in [-0.05, 0) is 44.1 Å². The Morgan fingerprint density at radius 1 is 1.44 bits per heavy atom. The third-order valence-corrected chi connectivity index (χ3v) is 2.30. The second kappa shape index (κ2) is 3.40. The normalized spacial score (nSPS) is 18.9. The number of hydrogen-bond donors (Lipinski definition) is 1. The Bertz CT molecular complexity index is 425. The van der Waals surface area contributed by atoms with E-state index in [0.29, 0.717) is 6.54 Å². The molecule has 16 heavy (non-hydrogen) atoms. The van der Waals surface area contributed by atoms with Gasteiger partial charge in [0, 0.05) is 11.9 Å². The van der Waals surface area contributed by atoms with Crippen molar-refractivity contribution >= 4 is 6.09 Å². The van der Waals surface area contributed by atoms with Crippen LogP contribution in [0.25, 0.3) is 0 Å². The molecule has 1 heterocycles. The largest absolute Gasteiger partial charge is 0.443 e. The molecule has 0 radical (unpaired) electrons. The number of rotatable bonds is 0. The average Bonchev–Trinajstić information content (AvgIpc) is 2.56. The van der Waals surface area contributed by atoms with Crippen LogP contribution in [0.2, 0.25) is 0 Å². The van der Waals surface area contributed by atoms with E-state index in [-0.39, 0.29) is 6.09 Å². The highest BCUT2D eigenvalue weighted by atomic mass is 16.6. The van der Waals surface area contributed by atoms with Gasteiger partial charge in [-0.2, -0.15) is 0 Å². The number of carbonyl (C=O) groups is 1. The van der Waals surface area contributed by atoms with E-state index in [4.69, 9.17) is 10.5 Å². The molecule has 0 aromatic rings. The molecule has 0 unspecified atom stereocenters. The van der Waals surface area contributed by atoms with E-state index in [1.165, 1.54) is 0 Å². The molecular formula is C12H16N2O2. The summed E-state index contributed by atoms with van der Waals surface area (Å²) in [5, 5.41) is 0. The number of nitrogens with zero attached hydrogens (tertiary/aromatic N) is 1. The summed E-state index contributed by atoms with van der Waals surface area (Å²) in [7, 11) is 0. The summed E-state index contributed by atoms with van der Waals surface area (Å²) in [5.74, 6) is 0. The standard InChI is InChI=1S/C12H16N2O2/c1-12(2,3)16-11(15)14-6-8-4-10(13)5-9(8)7-14/h4-6H,7,13H2,1-3H3. The van der Waals surface area contributed by atoms with Gasteiger partial charge in [-0.3, -0.25) is 4.90 Å². The van der Waals surface area contributed by atoms with Crippen LogP contribution in [0.4, 0.5) is 4.79 Å². The fraction of sp³-hybridized carbons (Fsp3) is 0.417. The highest BCUT2D eigenvalue weighted by Gasteiger charge is 2.28. The van der Waals surface area contributed by atoms with Crippen LogP contribution >= 0.6 is 0 Å². The molecule has 0 saturated heterocycles. The lowest BCUT2D eigenvalue weighted by Gasteiger charge is -2.23. The van der Waals surface area contributed by atoms with Crippen molar-refractivity contribution in [1.82, 2.24) is 4.90 Å². The smallest absolute Gasteiger partial charge is 0.414 e. The van der Waals surface area contributed by atoms with Gasteiger partial charge in [0.15, 0.2) is 0 Å². The van der Waals surface area contributed by atoms with Crippen molar-refractivity contribution in [3.63, 3.8) is 0 Å². The Balaban J connectivity index is 2.06. The van der Waals surface area contributed by atoms with Gasteiger partial charge in [0.2, 0.25) is 0 Å². The molecule has 2 rings (SSSR count). The third-order valence-electron chi connectivity index (χ3n) is 2.30. The van der Waals surface area contributed by atoms with E-state index in [0.717, 1.165) is 16.8 Å². The van der Waals surface area contributed by atoms with Gasteiger partial charge < -0.3 is 10.5 Å². The van der Waals surface area contributed by atoms with E-state index in [1.807, 2.05) is 32.9 Å². The molecule has 0 atom stereocenters. The van der Waals surface area contributed by atoms with Crippen LogP contribution < -0.4 is 5.73 Å². The molecule has 0 aromatic carbocycles. The zero-order valence-corrected chi connectivity index (χ0v) is 9.78. The summed E-state index contributed by atoms with van der Waals surface area (Å²) in [6.07, 6.45) is 5.21. The number of amides is 1. The first-order valence-electron chi connectivity index (χ1n) is 5.25. The zero-order valence-electron chi connectivity index (χ0n) is 9.78. The van der Waals surface area contributed by atoms with Crippen LogP contribution in [0.5, 0.6) is 0 Å². The molecule has 4 heteroatoms. The molecule has 0 saturated carbocycles. The fourth-order valence-electron chi connectivity index (χ4n) is 1.69. The lowest BCUT2D eigenvalue weighted by molar-refractivity contribution is 0.0357. The first-order valence-corrected chi connectivity index (χ1v) is 5.25. The monoisotopic (exact) mass is 220 g/mol. The molecule has 0 fully saturated rings. The summed E-state index contributed by atoms with van der Waals surface area (Å²) in [6.45, 7) is 6.10. The Kier molecular flexibility index (Phi) is 2.30. The van der Waals surface area contributed by atoms with Crippen molar-refractivity contribution in [2.45, 2.75) is 26.4 Å². The van der Waals surface area contributed by atoms with Crippen LogP contribution in [0.3, 0.4) is 0 Å². The van der Waals surface area contributed by atoms with Gasteiger partial charge in [0.1, 0.15) is 5.60 Å². The highest BCUT2D eigenvalue weighted by molar-refractivity contribution is 5.73. The first kappa shape index (κ1) is 10.8. The van der Waals surface area contributed by atoms with Crippen molar-refractivity contribution in [3.05, 3.63) is 35.2 Å². The molecule has 2 aliphatic rings. The predicted octanol–water partition coefficient (Wildman–Crippen LogP) is 1.90. The van der Waals surface area contributed by atoms with E-state index in [1.54, 1.807) is 11.1 Å². The minimum Gasteiger partial charge on any atom is -0.443 e. The van der Waals surface area contributed by atoms with Crippen LogP contribution in [0.15, 0.2) is 35.2 Å². The maximum atomic E-state index is 11.8. The van der Waals surface area contributed by atoms with Gasteiger partial charge in [0.25, 0.3) is 0 Å². The van der Waals surface area contributed by atoms with Gasteiger partial charge in [-0.1, -0.05) is 0 Å². The first-order chi connectivity index (χ1) is 7.35. The Morgan fingerprint density at radius 3 is 2.69 bits per heavy atom. The summed E-state index contributed by atoms with van der Waals surface area (Å²) in [4.78, 5) is 13.3. The van der Waals surface area contributed by atoms with E-state index in [9.17, 15) is 4.79 Å². The number of fused-ring (bicyclic) bond motifs is 1. The molecule has 0 spiro atoms. The zero-order chi connectivity index (χ0) is 11.9. The minimum atomic E-state index is -0.462. The molecule has 0 aromatic heterocycles. The maximum Gasteiger partial charge on any atom is 0.414 e. The van der Waals surface area contributed by atoms with Crippen LogP contribution in [-0.4, -0.2) is 23.1 Å². The lowest BCUT2D eigenvalue weighted by atomic mass is 10.2. The summed E-state index contributed by atoms with van der Waals surface area (Å²) in [5.41, 5.74) is 8.01. The molecule has 0 bridgehead atoms. The van der Waals surface area contributed by atoms with Crippen molar-refractivity contribution < 1.29 is 9.53 Å². The summed E-state index contributed by atoms with van der Waals surface area (Å²) >= 11 is 0. The van der Waals surface area contributed by atoms with E-state index >= 15 is 0 Å². The van der Waals surface area contributed by atoms with E-state index in [2.05, 4.69) is 0 Å². The Morgan fingerprint density at radius 2 is 2.12 bits per heavy atom. The molecule has 86 valence electrons. The molecule has 2 N–H and O–H groups in total. The number of carbonyl (C=O) groups excluding carboxylic acids is 1. The van der Waals surface area contributed by atoms with Gasteiger partial charge in [-0.15, -0.1) is 0 Å². The highest BCUT2D eigenvalue weighted by Crippen LogP contribution is 2.29. The third kappa shape index (κ3) is 2.10. The fourth-order valence-corrected chi connectivity index (χ4v) is 1.69. The Hall–Kier alpha value is -1.71. The topological polar surface area (TPSA) is 55.6 Å².